The molecule has 7 nitrogen and oxygen atoms in total. The number of nitrogens with zero attached hydrogens (tertiary/aromatic N) is 2. The van der Waals surface area contributed by atoms with Crippen LogP contribution in [0.4, 0.5) is 5.69 Å². The molecule has 0 aliphatic carbocycles. The molecule has 0 saturated carbocycles. The van der Waals surface area contributed by atoms with Crippen LogP contribution < -0.4 is 9.62 Å². The first kappa shape index (κ1) is 33.1. The highest BCUT2D eigenvalue weighted by Gasteiger charge is 2.30. The first-order valence-electron chi connectivity index (χ1n) is 14.2. The van der Waals surface area contributed by atoms with Crippen LogP contribution in [0.5, 0.6) is 0 Å². The Morgan fingerprint density at radius 3 is 2.14 bits per heavy atom. The van der Waals surface area contributed by atoms with Gasteiger partial charge in [0.05, 0.1) is 11.9 Å². The summed E-state index contributed by atoms with van der Waals surface area (Å²) in [6, 6.07) is 21.8. The van der Waals surface area contributed by atoms with Crippen LogP contribution in [0.2, 0.25) is 5.02 Å². The molecule has 3 aromatic rings. The number of nitrogens with one attached hydrogen (secondary N) is 1. The number of aryl methyl sites for hydroxylation is 2. The average molecular weight is 612 g/mol. The largest absolute Gasteiger partial charge is 0.354 e. The second-order valence-electron chi connectivity index (χ2n) is 11.3. The number of anilines is 1. The number of carbonyl (C=O) groups excluding carboxylic acids is 2. The van der Waals surface area contributed by atoms with E-state index in [2.05, 4.69) is 5.32 Å². The minimum absolute atomic E-state index is 0.0696. The number of sulfonamides is 1. The van der Waals surface area contributed by atoms with Crippen molar-refractivity contribution in [3.05, 3.63) is 100 Å². The average Bonchev–Trinajstić information content (AvgIpc) is 2.91. The summed E-state index contributed by atoms with van der Waals surface area (Å²) in [6.07, 6.45) is 1.87. The van der Waals surface area contributed by atoms with Crippen molar-refractivity contribution in [3.63, 3.8) is 0 Å². The van der Waals surface area contributed by atoms with Gasteiger partial charge in [0.15, 0.2) is 0 Å². The van der Waals surface area contributed by atoms with E-state index >= 15 is 0 Å². The lowest BCUT2D eigenvalue weighted by atomic mass is 10.0. The van der Waals surface area contributed by atoms with Gasteiger partial charge in [0.25, 0.3) is 0 Å². The molecule has 0 fully saturated rings. The highest BCUT2D eigenvalue weighted by atomic mass is 35.5. The molecule has 0 aliphatic rings. The minimum Gasteiger partial charge on any atom is -0.354 e. The van der Waals surface area contributed by atoms with E-state index in [1.165, 1.54) is 10.6 Å². The van der Waals surface area contributed by atoms with Gasteiger partial charge in [-0.25, -0.2) is 8.42 Å². The smallest absolute Gasteiger partial charge is 0.243 e. The van der Waals surface area contributed by atoms with Crippen LogP contribution in [0.25, 0.3) is 0 Å². The molecular formula is C33H42ClN3O4S. The van der Waals surface area contributed by atoms with Gasteiger partial charge in [0, 0.05) is 37.5 Å². The van der Waals surface area contributed by atoms with Crippen LogP contribution >= 0.6 is 11.6 Å². The molecule has 1 atom stereocenters. The molecule has 1 unspecified atom stereocenters. The van der Waals surface area contributed by atoms with Gasteiger partial charge in [-0.1, -0.05) is 74.0 Å². The topological polar surface area (TPSA) is 86.8 Å². The maximum Gasteiger partial charge on any atom is 0.243 e. The second-order valence-corrected chi connectivity index (χ2v) is 13.6. The molecule has 0 heterocycles. The second kappa shape index (κ2) is 15.2. The van der Waals surface area contributed by atoms with Crippen molar-refractivity contribution in [2.75, 3.05) is 23.7 Å². The zero-order chi connectivity index (χ0) is 30.9. The Balaban J connectivity index is 1.89. The van der Waals surface area contributed by atoms with Gasteiger partial charge in [-0.3, -0.25) is 13.9 Å². The molecule has 0 radical (unpaired) electrons. The number of halogens is 1. The first-order chi connectivity index (χ1) is 19.8. The van der Waals surface area contributed by atoms with E-state index in [-0.39, 0.29) is 43.7 Å². The van der Waals surface area contributed by atoms with Gasteiger partial charge in [-0.2, -0.15) is 0 Å². The zero-order valence-corrected chi connectivity index (χ0v) is 26.7. The molecule has 3 aromatic carbocycles. The molecule has 0 bridgehead atoms. The van der Waals surface area contributed by atoms with Crippen LogP contribution in [0.15, 0.2) is 72.8 Å². The number of hydrogen-bond donors (Lipinski definition) is 1. The fraction of sp³-hybridized carbons (Fsp3) is 0.394. The Morgan fingerprint density at radius 1 is 0.905 bits per heavy atom. The van der Waals surface area contributed by atoms with Crippen molar-refractivity contribution in [1.82, 2.24) is 10.2 Å². The van der Waals surface area contributed by atoms with Crippen molar-refractivity contribution in [2.24, 2.45) is 5.92 Å². The third-order valence-corrected chi connectivity index (χ3v) is 8.27. The molecule has 42 heavy (non-hydrogen) atoms. The Labute approximate surface area is 255 Å². The van der Waals surface area contributed by atoms with E-state index in [4.69, 9.17) is 11.6 Å². The van der Waals surface area contributed by atoms with E-state index in [1.54, 1.807) is 17.0 Å². The van der Waals surface area contributed by atoms with Crippen molar-refractivity contribution < 1.29 is 18.0 Å². The van der Waals surface area contributed by atoms with E-state index in [0.29, 0.717) is 23.7 Å². The highest BCUT2D eigenvalue weighted by molar-refractivity contribution is 7.92. The predicted molar refractivity (Wildman–Crippen MR) is 171 cm³/mol. The van der Waals surface area contributed by atoms with Crippen molar-refractivity contribution >= 4 is 39.1 Å². The molecule has 9 heteroatoms. The maximum atomic E-state index is 13.9. The standard InChI is InChI=1S/C33H42ClN3O4S/c1-24(2)22-35-33(39)31(21-27-11-7-6-8-12-27)36(23-28-13-9-14-29(34)20-28)32(38)15-10-16-37(42(5,40)41)30-18-25(3)17-26(4)19-30/h6-9,11-14,17-20,24,31H,10,15-16,21-23H2,1-5H3,(H,35,39). The summed E-state index contributed by atoms with van der Waals surface area (Å²) in [5.41, 5.74) is 4.23. The SMILES string of the molecule is Cc1cc(C)cc(N(CCCC(=O)N(Cc2cccc(Cl)c2)C(Cc2ccccc2)C(=O)NCC(C)C)S(C)(=O)=O)c1. The molecule has 3 rings (SSSR count). The van der Waals surface area contributed by atoms with Gasteiger partial charge in [0.2, 0.25) is 21.8 Å². The Kier molecular flexibility index (Phi) is 12.0. The lowest BCUT2D eigenvalue weighted by molar-refractivity contribution is -0.141. The van der Waals surface area contributed by atoms with Gasteiger partial charge in [-0.05, 0) is 72.7 Å². The van der Waals surface area contributed by atoms with E-state index in [0.717, 1.165) is 22.3 Å². The van der Waals surface area contributed by atoms with Gasteiger partial charge >= 0.3 is 0 Å². The summed E-state index contributed by atoms with van der Waals surface area (Å²) in [7, 11) is -3.58. The molecular weight excluding hydrogens is 570 g/mol. The van der Waals surface area contributed by atoms with Crippen LogP contribution in [0, 0.1) is 19.8 Å². The maximum absolute atomic E-state index is 13.9. The summed E-state index contributed by atoms with van der Waals surface area (Å²) in [5.74, 6) is -0.212. The van der Waals surface area contributed by atoms with Crippen LogP contribution in [-0.4, -0.2) is 50.5 Å². The van der Waals surface area contributed by atoms with Crippen LogP contribution in [0.1, 0.15) is 48.9 Å². The Morgan fingerprint density at radius 2 is 1.55 bits per heavy atom. The monoisotopic (exact) mass is 611 g/mol. The number of rotatable bonds is 14. The van der Waals surface area contributed by atoms with Crippen molar-refractivity contribution in [2.45, 2.75) is 59.5 Å². The van der Waals surface area contributed by atoms with Crippen LogP contribution in [-0.2, 0) is 32.6 Å². The fourth-order valence-corrected chi connectivity index (χ4v) is 6.07. The highest BCUT2D eigenvalue weighted by Crippen LogP contribution is 2.23. The molecule has 226 valence electrons. The fourth-order valence-electron chi connectivity index (χ4n) is 4.91. The van der Waals surface area contributed by atoms with Gasteiger partial charge < -0.3 is 10.2 Å². The normalized spacial score (nSPS) is 12.2. The van der Waals surface area contributed by atoms with E-state index in [9.17, 15) is 18.0 Å². The van der Waals surface area contributed by atoms with Crippen molar-refractivity contribution in [3.8, 4) is 0 Å². The molecule has 2 amide bonds. The molecule has 1 N–H and O–H groups in total. The van der Waals surface area contributed by atoms with Crippen molar-refractivity contribution in [1.29, 1.82) is 0 Å². The van der Waals surface area contributed by atoms with Crippen LogP contribution in [0.3, 0.4) is 0 Å². The lowest BCUT2D eigenvalue weighted by Crippen LogP contribution is -2.51. The van der Waals surface area contributed by atoms with Gasteiger partial charge in [0.1, 0.15) is 6.04 Å². The first-order valence-corrected chi connectivity index (χ1v) is 16.5. The number of carbonyl (C=O) groups is 2. The Hall–Kier alpha value is -3.36. The number of amides is 2. The lowest BCUT2D eigenvalue weighted by Gasteiger charge is -2.32. The predicted octanol–water partition coefficient (Wildman–Crippen LogP) is 5.92. The third kappa shape index (κ3) is 10.2. The van der Waals surface area contributed by atoms with Gasteiger partial charge in [-0.15, -0.1) is 0 Å². The van der Waals surface area contributed by atoms with E-state index < -0.39 is 16.1 Å². The minimum atomic E-state index is -3.58. The quantitative estimate of drug-likeness (QED) is 0.245. The Bertz CT molecular complexity index is 1440. The summed E-state index contributed by atoms with van der Waals surface area (Å²) >= 11 is 6.26. The summed E-state index contributed by atoms with van der Waals surface area (Å²) in [6.45, 7) is 8.70. The number of benzene rings is 3. The van der Waals surface area contributed by atoms with E-state index in [1.807, 2.05) is 88.4 Å². The molecule has 0 saturated heterocycles. The zero-order valence-electron chi connectivity index (χ0n) is 25.1. The summed E-state index contributed by atoms with van der Waals surface area (Å²) in [4.78, 5) is 29.1. The third-order valence-electron chi connectivity index (χ3n) is 6.84. The summed E-state index contributed by atoms with van der Waals surface area (Å²) < 4.78 is 26.8. The molecule has 0 aromatic heterocycles. The summed E-state index contributed by atoms with van der Waals surface area (Å²) in [5, 5.41) is 3.56. The number of hydrogen-bond acceptors (Lipinski definition) is 4. The molecule has 0 spiro atoms. The molecule has 0 aliphatic heterocycles.